The van der Waals surface area contributed by atoms with E-state index in [4.69, 9.17) is 13.7 Å². The molecule has 2 aromatic rings. The highest BCUT2D eigenvalue weighted by Gasteiger charge is 2.59. The van der Waals surface area contributed by atoms with Gasteiger partial charge in [0.15, 0.2) is 0 Å². The molecule has 2 fully saturated rings. The van der Waals surface area contributed by atoms with Crippen LogP contribution in [0.1, 0.15) is 54.9 Å². The van der Waals surface area contributed by atoms with E-state index >= 15 is 0 Å². The molecule has 0 N–H and O–H groups in total. The van der Waals surface area contributed by atoms with Crippen molar-refractivity contribution >= 4 is 25.8 Å². The second kappa shape index (κ2) is 7.88. The lowest BCUT2D eigenvalue weighted by Gasteiger charge is -2.35. The second-order valence-electron chi connectivity index (χ2n) is 11.3. The van der Waals surface area contributed by atoms with E-state index in [0.717, 1.165) is 12.7 Å². The fourth-order valence-electron chi connectivity index (χ4n) is 5.02. The van der Waals surface area contributed by atoms with Crippen molar-refractivity contribution in [3.8, 4) is 0 Å². The molecule has 0 saturated carbocycles. The van der Waals surface area contributed by atoms with E-state index in [1.54, 1.807) is 0 Å². The van der Waals surface area contributed by atoms with E-state index in [9.17, 15) is 0 Å². The molecule has 4 rings (SSSR count). The van der Waals surface area contributed by atoms with Gasteiger partial charge in [-0.2, -0.15) is 0 Å². The topological polar surface area (TPSA) is 27.7 Å². The molecule has 2 aliphatic rings. The van der Waals surface area contributed by atoms with E-state index in [1.807, 2.05) is 0 Å². The molecule has 0 unspecified atom stereocenters. The van der Waals surface area contributed by atoms with Gasteiger partial charge in [0.2, 0.25) is 0 Å². The van der Waals surface area contributed by atoms with Crippen LogP contribution in [0.2, 0.25) is 11.9 Å². The van der Waals surface area contributed by atoms with Crippen LogP contribution < -0.4 is 10.4 Å². The molecule has 0 radical (unpaired) electrons. The first-order valence-corrected chi connectivity index (χ1v) is 13.6. The highest BCUT2D eigenvalue weighted by molar-refractivity contribution is 6.99. The minimum absolute atomic E-state index is 0.0759. The fourth-order valence-corrected chi connectivity index (χ4v) is 10.1. The molecule has 5 heteroatoms. The summed E-state index contributed by atoms with van der Waals surface area (Å²) >= 11 is 0. The maximum atomic E-state index is 7.24. The standard InChI is InChI=1S/C26H37BO3Si/c1-24(2,3)23-18-22(19-27-29-25(4,5)26(6,7)30-27)31(28-23,20-14-10-8-11-15-20)21-16-12-9-13-17-21/h8-17,22-23H,18-19H2,1-7H3/t22-,23+/m1/s1. The van der Waals surface area contributed by atoms with Crippen molar-refractivity contribution < 1.29 is 13.7 Å². The highest BCUT2D eigenvalue weighted by atomic mass is 28.4. The van der Waals surface area contributed by atoms with E-state index in [-0.39, 0.29) is 29.8 Å². The van der Waals surface area contributed by atoms with Crippen LogP contribution in [-0.2, 0) is 13.7 Å². The largest absolute Gasteiger partial charge is 0.457 e. The first-order valence-electron chi connectivity index (χ1n) is 11.6. The van der Waals surface area contributed by atoms with E-state index in [2.05, 4.69) is 109 Å². The first-order chi connectivity index (χ1) is 14.5. The van der Waals surface area contributed by atoms with Gasteiger partial charge in [-0.15, -0.1) is 0 Å². The zero-order valence-electron chi connectivity index (χ0n) is 20.1. The van der Waals surface area contributed by atoms with Gasteiger partial charge in [0, 0.05) is 0 Å². The molecule has 0 spiro atoms. The van der Waals surface area contributed by atoms with Crippen molar-refractivity contribution in [3.05, 3.63) is 60.7 Å². The van der Waals surface area contributed by atoms with Crippen molar-refractivity contribution in [3.63, 3.8) is 0 Å². The SMILES string of the molecule is CC(C)(C)[C@@H]1C[C@H](CB2OC(C)(C)C(C)(C)O2)[Si](c2ccccc2)(c2ccccc2)O1. The van der Waals surface area contributed by atoms with Gasteiger partial charge in [-0.3, -0.25) is 0 Å². The lowest BCUT2D eigenvalue weighted by Crippen LogP contribution is -2.62. The third-order valence-electron chi connectivity index (χ3n) is 7.55. The Kier molecular flexibility index (Phi) is 5.79. The zero-order valence-corrected chi connectivity index (χ0v) is 21.1. The Morgan fingerprint density at radius 2 is 1.29 bits per heavy atom. The van der Waals surface area contributed by atoms with Crippen LogP contribution in [0.4, 0.5) is 0 Å². The van der Waals surface area contributed by atoms with Crippen LogP contribution in [0, 0.1) is 5.41 Å². The molecule has 2 aliphatic heterocycles. The molecular weight excluding hydrogens is 399 g/mol. The zero-order chi connectivity index (χ0) is 22.5. The maximum absolute atomic E-state index is 7.24. The average molecular weight is 436 g/mol. The summed E-state index contributed by atoms with van der Waals surface area (Å²) in [6, 6.07) is 21.8. The highest BCUT2D eigenvalue weighted by Crippen LogP contribution is 2.48. The number of benzene rings is 2. The summed E-state index contributed by atoms with van der Waals surface area (Å²) in [6.07, 6.45) is 2.09. The molecular formula is C26H37BO3Si. The van der Waals surface area contributed by atoms with Gasteiger partial charge in [-0.1, -0.05) is 81.4 Å². The van der Waals surface area contributed by atoms with E-state index in [0.29, 0.717) is 5.54 Å². The second-order valence-corrected chi connectivity index (χ2v) is 15.0. The van der Waals surface area contributed by atoms with Crippen molar-refractivity contribution in [2.45, 2.75) is 84.1 Å². The minimum Gasteiger partial charge on any atom is -0.404 e. The summed E-state index contributed by atoms with van der Waals surface area (Å²) in [5.74, 6) is 0. The Morgan fingerprint density at radius 1 is 0.839 bits per heavy atom. The van der Waals surface area contributed by atoms with Gasteiger partial charge >= 0.3 is 7.12 Å². The molecule has 0 bridgehead atoms. The molecule has 0 aromatic heterocycles. The van der Waals surface area contributed by atoms with Crippen LogP contribution in [0.3, 0.4) is 0 Å². The summed E-state index contributed by atoms with van der Waals surface area (Å²) in [4.78, 5) is 0. The predicted octanol–water partition coefficient (Wildman–Crippen LogP) is 5.04. The molecule has 0 amide bonds. The molecule has 2 aromatic carbocycles. The molecule has 3 nitrogen and oxygen atoms in total. The third kappa shape index (κ3) is 4.06. The average Bonchev–Trinajstić information content (AvgIpc) is 3.18. The Balaban J connectivity index is 1.78. The first kappa shape index (κ1) is 22.8. The fraction of sp³-hybridized carbons (Fsp3) is 0.538. The normalized spacial score (nSPS) is 26.9. The smallest absolute Gasteiger partial charge is 0.404 e. The van der Waals surface area contributed by atoms with Crippen LogP contribution in [0.15, 0.2) is 60.7 Å². The third-order valence-corrected chi connectivity index (χ3v) is 12.2. The number of rotatable bonds is 4. The molecule has 31 heavy (non-hydrogen) atoms. The van der Waals surface area contributed by atoms with Crippen molar-refractivity contribution in [2.75, 3.05) is 0 Å². The predicted molar refractivity (Wildman–Crippen MR) is 131 cm³/mol. The van der Waals surface area contributed by atoms with Gasteiger partial charge in [-0.05, 0) is 61.8 Å². The maximum Gasteiger partial charge on any atom is 0.457 e. The van der Waals surface area contributed by atoms with Crippen LogP contribution in [0.5, 0.6) is 0 Å². The Bertz CT molecular complexity index is 836. The monoisotopic (exact) mass is 436 g/mol. The summed E-state index contributed by atoms with van der Waals surface area (Å²) in [7, 11) is -2.72. The van der Waals surface area contributed by atoms with Gasteiger partial charge in [-0.25, -0.2) is 0 Å². The quantitative estimate of drug-likeness (QED) is 0.629. The Labute approximate surface area is 189 Å². The summed E-state index contributed by atoms with van der Waals surface area (Å²) < 4.78 is 20.2. The van der Waals surface area contributed by atoms with E-state index < -0.39 is 8.32 Å². The van der Waals surface area contributed by atoms with Crippen molar-refractivity contribution in [1.29, 1.82) is 0 Å². The van der Waals surface area contributed by atoms with Crippen molar-refractivity contribution in [1.82, 2.24) is 0 Å². The molecule has 2 saturated heterocycles. The number of hydrogen-bond acceptors (Lipinski definition) is 3. The van der Waals surface area contributed by atoms with Crippen LogP contribution in [0.25, 0.3) is 0 Å². The Hall–Kier alpha value is -1.40. The molecule has 2 atom stereocenters. The lowest BCUT2D eigenvalue weighted by molar-refractivity contribution is 0.00578. The minimum atomic E-state index is -2.51. The summed E-state index contributed by atoms with van der Waals surface area (Å²) in [5.41, 5.74) is -0.183. The summed E-state index contributed by atoms with van der Waals surface area (Å²) in [5, 5.41) is 2.68. The Morgan fingerprint density at radius 3 is 1.71 bits per heavy atom. The number of hydrogen-bond donors (Lipinski definition) is 0. The van der Waals surface area contributed by atoms with E-state index in [1.165, 1.54) is 10.4 Å². The molecule has 0 aliphatic carbocycles. The molecule has 166 valence electrons. The lowest BCUT2D eigenvalue weighted by atomic mass is 9.79. The molecule has 2 heterocycles. The van der Waals surface area contributed by atoms with Crippen LogP contribution in [-0.4, -0.2) is 32.7 Å². The van der Waals surface area contributed by atoms with Gasteiger partial charge in [0.25, 0.3) is 8.32 Å². The van der Waals surface area contributed by atoms with Crippen molar-refractivity contribution in [2.24, 2.45) is 5.41 Å². The van der Waals surface area contributed by atoms with Gasteiger partial charge in [0.1, 0.15) is 0 Å². The van der Waals surface area contributed by atoms with Gasteiger partial charge in [0.05, 0.1) is 17.3 Å². The van der Waals surface area contributed by atoms with Crippen LogP contribution >= 0.6 is 0 Å². The summed E-state index contributed by atoms with van der Waals surface area (Å²) in [6.45, 7) is 15.4. The van der Waals surface area contributed by atoms with Gasteiger partial charge < -0.3 is 13.7 Å².